The zero-order valence-corrected chi connectivity index (χ0v) is 36.1. The van der Waals surface area contributed by atoms with Gasteiger partial charge < -0.3 is 42.6 Å². The number of halogens is 3. The maximum absolute atomic E-state index is 14.0. The number of rotatable bonds is 13. The Bertz CT molecular complexity index is 2430. The normalized spacial score (nSPS) is 22.9. The molecule has 8 atom stereocenters. The van der Waals surface area contributed by atoms with Gasteiger partial charge in [-0.1, -0.05) is 126 Å². The summed E-state index contributed by atoms with van der Waals surface area (Å²) in [5.41, 5.74) is 0.497. The van der Waals surface area contributed by atoms with E-state index in [0.717, 1.165) is 0 Å². The van der Waals surface area contributed by atoms with E-state index >= 15 is 0 Å². The molecule has 0 radical (unpaired) electrons. The Balaban J connectivity index is 1.31. The number of hydrogen-bond donors (Lipinski definition) is 1. The van der Waals surface area contributed by atoms with Gasteiger partial charge in [-0.15, -0.1) is 0 Å². The fourth-order valence-corrected chi connectivity index (χ4v) is 6.79. The summed E-state index contributed by atoms with van der Waals surface area (Å²) in [4.78, 5) is 68.9. The van der Waals surface area contributed by atoms with E-state index in [2.05, 4.69) is 0 Å². The van der Waals surface area contributed by atoms with Crippen LogP contribution in [0.4, 0.5) is 0 Å². The van der Waals surface area contributed by atoms with E-state index in [1.54, 1.807) is 91.0 Å². The number of alkyl halides is 3. The fourth-order valence-electron chi connectivity index (χ4n) is 6.66. The van der Waals surface area contributed by atoms with Crippen LogP contribution in [-0.2, 0) is 42.6 Å². The van der Waals surface area contributed by atoms with Gasteiger partial charge in [0.15, 0.2) is 36.8 Å². The molecule has 0 saturated carbocycles. The van der Waals surface area contributed by atoms with Crippen LogP contribution in [-0.4, -0.2) is 102 Å². The molecule has 0 aliphatic carbocycles. The number of benzene rings is 5. The van der Waals surface area contributed by atoms with Gasteiger partial charge in [0.1, 0.15) is 6.10 Å². The Morgan fingerprint density at radius 3 is 1.06 bits per heavy atom. The molecule has 2 heterocycles. The first-order valence-electron chi connectivity index (χ1n) is 19.9. The van der Waals surface area contributed by atoms with Gasteiger partial charge in [0.2, 0.25) is 12.2 Å². The fraction of sp³-hybridized carbons (Fsp3) is 0.234. The Morgan fingerprint density at radius 2 is 0.708 bits per heavy atom. The second-order valence-electron chi connectivity index (χ2n) is 14.3. The second-order valence-corrected chi connectivity index (χ2v) is 16.6. The van der Waals surface area contributed by atoms with Crippen molar-refractivity contribution in [1.82, 2.24) is 0 Å². The zero-order valence-electron chi connectivity index (χ0n) is 33.8. The molecule has 2 aliphatic rings. The second kappa shape index (κ2) is 21.6. The molecular weight excluding hydrogens is 909 g/mol. The van der Waals surface area contributed by atoms with Gasteiger partial charge in [-0.3, -0.25) is 5.41 Å². The first-order valence-corrected chi connectivity index (χ1v) is 21.0. The van der Waals surface area contributed by atoms with Crippen molar-refractivity contribution in [3.05, 3.63) is 179 Å². The molecule has 2 saturated heterocycles. The predicted octanol–water partition coefficient (Wildman–Crippen LogP) is 7.58. The lowest BCUT2D eigenvalue weighted by Gasteiger charge is -2.45. The molecule has 0 amide bonds. The molecule has 65 heavy (non-hydrogen) atoms. The van der Waals surface area contributed by atoms with E-state index in [1.165, 1.54) is 60.7 Å². The van der Waals surface area contributed by atoms with Gasteiger partial charge >= 0.3 is 29.8 Å². The van der Waals surface area contributed by atoms with Crippen molar-refractivity contribution in [1.29, 1.82) is 5.41 Å². The monoisotopic (exact) mass is 945 g/mol. The van der Waals surface area contributed by atoms with Crippen molar-refractivity contribution >= 4 is 70.5 Å². The van der Waals surface area contributed by atoms with Crippen LogP contribution in [0.5, 0.6) is 0 Å². The quantitative estimate of drug-likeness (QED) is 0.0399. The molecule has 15 nitrogen and oxygen atoms in total. The first-order chi connectivity index (χ1) is 31.4. The Labute approximate surface area is 386 Å². The largest absolute Gasteiger partial charge is 0.453 e. The Morgan fingerprint density at radius 1 is 0.415 bits per heavy atom. The van der Waals surface area contributed by atoms with Crippen molar-refractivity contribution in [2.75, 3.05) is 13.2 Å². The van der Waals surface area contributed by atoms with E-state index in [4.69, 9.17) is 82.8 Å². The van der Waals surface area contributed by atoms with Gasteiger partial charge in [0.05, 0.1) is 41.0 Å². The molecule has 1 unspecified atom stereocenters. The maximum atomic E-state index is 14.0. The molecule has 2 fully saturated rings. The minimum absolute atomic E-state index is 0.0596. The van der Waals surface area contributed by atoms with Crippen LogP contribution in [0.1, 0.15) is 51.8 Å². The summed E-state index contributed by atoms with van der Waals surface area (Å²) in [7, 11) is 0. The summed E-state index contributed by atoms with van der Waals surface area (Å²) >= 11 is 18.0. The molecule has 0 spiro atoms. The third kappa shape index (κ3) is 12.1. The van der Waals surface area contributed by atoms with Crippen LogP contribution in [0.15, 0.2) is 152 Å². The third-order valence-corrected chi connectivity index (χ3v) is 10.4. The Kier molecular flexibility index (Phi) is 15.5. The molecule has 7 rings (SSSR count). The highest BCUT2D eigenvalue weighted by molar-refractivity contribution is 6.76. The molecule has 0 bridgehead atoms. The number of carbonyl (C=O) groups is 5. The van der Waals surface area contributed by atoms with Crippen molar-refractivity contribution < 1.29 is 66.6 Å². The van der Waals surface area contributed by atoms with Crippen molar-refractivity contribution in [2.24, 2.45) is 0 Å². The zero-order chi connectivity index (χ0) is 45.9. The summed E-state index contributed by atoms with van der Waals surface area (Å²) in [5, 5.41) is 8.36. The highest BCUT2D eigenvalue weighted by Gasteiger charge is 2.55. The third-order valence-electron chi connectivity index (χ3n) is 9.84. The van der Waals surface area contributed by atoms with Crippen LogP contribution in [0.25, 0.3) is 0 Å². The summed E-state index contributed by atoms with van der Waals surface area (Å²) in [6.45, 7) is -1.06. The number of nitrogens with one attached hydrogen (secondary N) is 1. The first kappa shape index (κ1) is 46.7. The summed E-state index contributed by atoms with van der Waals surface area (Å²) in [5.74, 6) is -5.40. The molecule has 5 aromatic rings. The molecule has 2 aliphatic heterocycles. The lowest BCUT2D eigenvalue weighted by molar-refractivity contribution is -0.324. The van der Waals surface area contributed by atoms with E-state index in [-0.39, 0.29) is 27.8 Å². The SMILES string of the molecule is N=C(OC1OC[C@@H](OC(=O)c2ccccc2)[C@H](O[C@@H]2OC[C@@H](OC(=O)c3ccccc3)[C@H](OC(=O)c3ccccc3)[C@H]2OC(=O)c2ccccc2)[C@H]1OC(=O)c1ccccc1)C(Cl)(Cl)Cl. The predicted molar refractivity (Wildman–Crippen MR) is 232 cm³/mol. The average Bonchev–Trinajstić information content (AvgIpc) is 3.33. The molecule has 18 heteroatoms. The summed E-state index contributed by atoms with van der Waals surface area (Å²) in [6, 6.07) is 39.3. The van der Waals surface area contributed by atoms with E-state index < -0.39 is 102 Å². The lowest BCUT2D eigenvalue weighted by Crippen LogP contribution is -2.63. The molecule has 336 valence electrons. The van der Waals surface area contributed by atoms with E-state index in [9.17, 15) is 24.0 Å². The minimum Gasteiger partial charge on any atom is -0.453 e. The topological polar surface area (TPSA) is 192 Å². The van der Waals surface area contributed by atoms with E-state index in [1.807, 2.05) is 0 Å². The standard InChI is InChI=1S/C47H38Cl3NO14/c48-47(49,50)46(51)65-45-38(63-43(56)32-24-14-5-15-25-32)36(34(27-58-45)60-40(53)29-18-8-2-9-19-29)64-44-37(62-42(55)31-22-12-4-13-23-31)35(61-41(54)30-20-10-3-11-21-30)33(26-57-44)59-39(52)28-16-6-1-7-17-28/h1-25,33-38,44-45,51H,26-27H2/t33-,34-,35+,36+,37-,38-,44+,45?/m1/s1. The van der Waals surface area contributed by atoms with E-state index in [0.29, 0.717) is 0 Å². The van der Waals surface area contributed by atoms with Crippen LogP contribution < -0.4 is 0 Å². The smallest absolute Gasteiger partial charge is 0.338 e. The van der Waals surface area contributed by atoms with Gasteiger partial charge in [-0.25, -0.2) is 24.0 Å². The summed E-state index contributed by atoms with van der Waals surface area (Å²) < 4.78 is 51.9. The molecule has 1 N–H and O–H groups in total. The number of esters is 5. The van der Waals surface area contributed by atoms with Crippen LogP contribution in [0, 0.1) is 5.41 Å². The van der Waals surface area contributed by atoms with Gasteiger partial charge in [-0.05, 0) is 60.7 Å². The maximum Gasteiger partial charge on any atom is 0.338 e. The van der Waals surface area contributed by atoms with Gasteiger partial charge in [0.25, 0.3) is 3.79 Å². The van der Waals surface area contributed by atoms with Crippen molar-refractivity contribution in [2.45, 2.75) is 53.0 Å². The van der Waals surface area contributed by atoms with Crippen molar-refractivity contribution in [3.8, 4) is 0 Å². The summed E-state index contributed by atoms with van der Waals surface area (Å²) in [6.07, 6.45) is -13.4. The number of carbonyl (C=O) groups excluding carboxylic acids is 5. The minimum atomic E-state index is -2.42. The lowest BCUT2D eigenvalue weighted by atomic mass is 10.0. The van der Waals surface area contributed by atoms with Gasteiger partial charge in [-0.2, -0.15) is 0 Å². The Hall–Kier alpha value is -6.33. The van der Waals surface area contributed by atoms with Crippen LogP contribution in [0.3, 0.4) is 0 Å². The highest BCUT2D eigenvalue weighted by Crippen LogP contribution is 2.35. The number of hydrogen-bond acceptors (Lipinski definition) is 15. The van der Waals surface area contributed by atoms with Crippen LogP contribution >= 0.6 is 34.8 Å². The highest BCUT2D eigenvalue weighted by atomic mass is 35.6. The molecule has 5 aromatic carbocycles. The number of ether oxygens (including phenoxy) is 9. The molecule has 0 aromatic heterocycles. The van der Waals surface area contributed by atoms with Gasteiger partial charge in [0, 0.05) is 0 Å². The van der Waals surface area contributed by atoms with Crippen molar-refractivity contribution in [3.63, 3.8) is 0 Å². The molecular formula is C47H38Cl3NO14. The average molecular weight is 947 g/mol. The van der Waals surface area contributed by atoms with Crippen LogP contribution in [0.2, 0.25) is 0 Å².